The maximum atomic E-state index is 13.5. The standard InChI is InChI=1S/C45H69FN6O8S2/c46-24-30-52(62(57,58)32-9-4-1-2-6-26-50-45(54)21-19-39-15-12-25-48-35-39)60-37-41-14-11-17-43(34-41)42-16-10-13-40(33-42)36-59-51-61(55,56)31-8-5-3-7-27-49-44(53)20-18-38-22-28-47-29-23-38/h12,15,18-23,25,28-29,35,40-43,51H,1-11,13-14,16-17,24,26-27,30-34,36-37H2,(H,49,53)(H,50,54)/b20-18+,21-19+. The number of rotatable bonds is 30. The van der Waals surface area contributed by atoms with Crippen LogP contribution in [0.25, 0.3) is 12.2 Å². The smallest absolute Gasteiger partial charge is 0.243 e. The van der Waals surface area contributed by atoms with Crippen molar-refractivity contribution >= 4 is 44.0 Å². The summed E-state index contributed by atoms with van der Waals surface area (Å²) < 4.78 is 65.8. The molecule has 4 atom stereocenters. The Labute approximate surface area is 369 Å². The number of carbonyl (C=O) groups is 2. The SMILES string of the molecule is O=C(/C=C/c1cccnc1)NCCCCCCCS(=O)(=O)N(CCF)OCC1CCCC(C2CCCC(CONS(=O)(=O)CCCCCCNC(=O)/C=C/c3ccncc3)C2)C1. The molecule has 2 amide bonds. The van der Waals surface area contributed by atoms with Gasteiger partial charge >= 0.3 is 0 Å². The summed E-state index contributed by atoms with van der Waals surface area (Å²) in [6, 6.07) is 7.30. The summed E-state index contributed by atoms with van der Waals surface area (Å²) in [4.78, 5) is 45.7. The highest BCUT2D eigenvalue weighted by atomic mass is 32.2. The molecule has 0 radical (unpaired) electrons. The Morgan fingerprint density at radius 1 is 0.710 bits per heavy atom. The molecule has 2 heterocycles. The summed E-state index contributed by atoms with van der Waals surface area (Å²) in [7, 11) is -7.35. The largest absolute Gasteiger partial charge is 0.353 e. The minimum Gasteiger partial charge on any atom is -0.353 e. The van der Waals surface area contributed by atoms with E-state index in [1.54, 1.807) is 43.0 Å². The third-order valence-corrected chi connectivity index (χ3v) is 14.5. The Morgan fingerprint density at radius 2 is 1.29 bits per heavy atom. The van der Waals surface area contributed by atoms with Gasteiger partial charge in [0.15, 0.2) is 0 Å². The van der Waals surface area contributed by atoms with E-state index < -0.39 is 26.7 Å². The second-order valence-corrected chi connectivity index (χ2v) is 20.4. The van der Waals surface area contributed by atoms with Gasteiger partial charge in [-0.15, -0.1) is 0 Å². The molecule has 3 N–H and O–H groups in total. The number of carbonyl (C=O) groups excluding carboxylic acids is 2. The zero-order chi connectivity index (χ0) is 44.3. The predicted octanol–water partition coefficient (Wildman–Crippen LogP) is 6.94. The van der Waals surface area contributed by atoms with Crippen LogP contribution in [0.1, 0.15) is 120 Å². The number of halogens is 1. The molecule has 2 aromatic rings. The first-order valence-electron chi connectivity index (χ1n) is 22.6. The van der Waals surface area contributed by atoms with Crippen molar-refractivity contribution in [2.45, 2.75) is 109 Å². The van der Waals surface area contributed by atoms with E-state index in [0.717, 1.165) is 105 Å². The van der Waals surface area contributed by atoms with Crippen LogP contribution in [0, 0.1) is 23.7 Å². The number of hydrogen-bond acceptors (Lipinski definition) is 10. The van der Waals surface area contributed by atoms with Crippen LogP contribution in [-0.4, -0.2) is 94.1 Å². The lowest BCUT2D eigenvalue weighted by Crippen LogP contribution is -2.37. The Bertz CT molecular complexity index is 1860. The normalized spacial score (nSPS) is 19.9. The molecular weight excluding hydrogens is 836 g/mol. The second kappa shape index (κ2) is 29.0. The lowest BCUT2D eigenvalue weighted by atomic mass is 9.68. The Balaban J connectivity index is 1.04. The molecule has 346 valence electrons. The molecule has 0 aromatic carbocycles. The highest BCUT2D eigenvalue weighted by molar-refractivity contribution is 7.89. The molecule has 14 nitrogen and oxygen atoms in total. The summed E-state index contributed by atoms with van der Waals surface area (Å²) in [6.45, 7) is 0.474. The monoisotopic (exact) mass is 904 g/mol. The van der Waals surface area contributed by atoms with Crippen LogP contribution in [0.5, 0.6) is 0 Å². The maximum Gasteiger partial charge on any atom is 0.243 e. The molecule has 0 saturated heterocycles. The zero-order valence-corrected chi connectivity index (χ0v) is 37.9. The minimum atomic E-state index is -3.78. The average Bonchev–Trinajstić information content (AvgIpc) is 3.27. The van der Waals surface area contributed by atoms with Crippen LogP contribution in [0.3, 0.4) is 0 Å². The number of nitrogens with one attached hydrogen (secondary N) is 3. The van der Waals surface area contributed by atoms with Crippen molar-refractivity contribution in [1.29, 1.82) is 0 Å². The number of pyridine rings is 2. The zero-order valence-electron chi connectivity index (χ0n) is 36.2. The molecule has 4 unspecified atom stereocenters. The lowest BCUT2D eigenvalue weighted by Gasteiger charge is -2.39. The van der Waals surface area contributed by atoms with Crippen LogP contribution in [0.2, 0.25) is 0 Å². The number of nitrogens with zero attached hydrogens (tertiary/aromatic N) is 3. The van der Waals surface area contributed by atoms with E-state index in [0.29, 0.717) is 50.8 Å². The molecule has 2 fully saturated rings. The average molecular weight is 905 g/mol. The van der Waals surface area contributed by atoms with E-state index >= 15 is 0 Å². The van der Waals surface area contributed by atoms with Gasteiger partial charge in [0.05, 0.1) is 31.3 Å². The van der Waals surface area contributed by atoms with E-state index in [9.17, 15) is 30.8 Å². The fourth-order valence-corrected chi connectivity index (χ4v) is 10.6. The molecule has 0 aliphatic heterocycles. The van der Waals surface area contributed by atoms with Gasteiger partial charge in [0.25, 0.3) is 0 Å². The number of amides is 2. The first kappa shape index (κ1) is 51.0. The molecule has 2 aromatic heterocycles. The highest BCUT2D eigenvalue weighted by Gasteiger charge is 2.33. The fraction of sp³-hybridized carbons (Fsp3) is 0.644. The van der Waals surface area contributed by atoms with Gasteiger partial charge in [-0.2, -0.15) is 0 Å². The van der Waals surface area contributed by atoms with Crippen molar-refractivity contribution in [3.8, 4) is 0 Å². The molecule has 2 aliphatic rings. The molecule has 2 saturated carbocycles. The van der Waals surface area contributed by atoms with Crippen LogP contribution < -0.4 is 15.5 Å². The van der Waals surface area contributed by atoms with Crippen molar-refractivity contribution in [3.63, 3.8) is 0 Å². The van der Waals surface area contributed by atoms with E-state index in [2.05, 4.69) is 25.5 Å². The van der Waals surface area contributed by atoms with Gasteiger partial charge in [-0.05, 0) is 117 Å². The summed E-state index contributed by atoms with van der Waals surface area (Å²) in [5, 5.41) is 5.70. The number of alkyl halides is 1. The van der Waals surface area contributed by atoms with Crippen LogP contribution >= 0.6 is 0 Å². The van der Waals surface area contributed by atoms with E-state index in [1.165, 1.54) is 12.2 Å². The van der Waals surface area contributed by atoms with Gasteiger partial charge < -0.3 is 10.6 Å². The number of aromatic nitrogens is 2. The van der Waals surface area contributed by atoms with Gasteiger partial charge in [-0.25, -0.2) is 21.2 Å². The molecular formula is C45H69FN6O8S2. The highest BCUT2D eigenvalue weighted by Crippen LogP contribution is 2.42. The maximum absolute atomic E-state index is 13.5. The van der Waals surface area contributed by atoms with Gasteiger partial charge in [0.1, 0.15) is 6.67 Å². The Hall–Kier alpha value is -3.61. The van der Waals surface area contributed by atoms with Gasteiger partial charge in [0, 0.05) is 50.0 Å². The number of hydroxylamine groups is 1. The van der Waals surface area contributed by atoms with Gasteiger partial charge in [-0.3, -0.25) is 29.2 Å². The number of sulfonamides is 2. The minimum absolute atomic E-state index is 0.0200. The fourth-order valence-electron chi connectivity index (χ4n) is 8.30. The molecule has 17 heteroatoms. The van der Waals surface area contributed by atoms with Gasteiger partial charge in [0.2, 0.25) is 31.9 Å². The first-order valence-corrected chi connectivity index (χ1v) is 25.8. The molecule has 0 bridgehead atoms. The first-order chi connectivity index (χ1) is 30.0. The third kappa shape index (κ3) is 21.2. The topological polar surface area (TPSA) is 186 Å². The van der Waals surface area contributed by atoms with Crippen molar-refractivity contribution in [2.24, 2.45) is 23.7 Å². The van der Waals surface area contributed by atoms with E-state index in [-0.39, 0.29) is 48.3 Å². The van der Waals surface area contributed by atoms with Crippen LogP contribution in [0.4, 0.5) is 4.39 Å². The van der Waals surface area contributed by atoms with Crippen molar-refractivity contribution in [2.75, 3.05) is 51.0 Å². The van der Waals surface area contributed by atoms with Gasteiger partial charge in [-0.1, -0.05) is 73.2 Å². The predicted molar refractivity (Wildman–Crippen MR) is 240 cm³/mol. The molecule has 2 aliphatic carbocycles. The summed E-state index contributed by atoms with van der Waals surface area (Å²) >= 11 is 0. The summed E-state index contributed by atoms with van der Waals surface area (Å²) in [6.07, 6.45) is 27.6. The van der Waals surface area contributed by atoms with Crippen molar-refractivity contribution in [1.82, 2.24) is 30.0 Å². The van der Waals surface area contributed by atoms with Crippen molar-refractivity contribution < 1.29 is 40.5 Å². The van der Waals surface area contributed by atoms with Crippen LogP contribution in [-0.2, 0) is 39.3 Å². The summed E-state index contributed by atoms with van der Waals surface area (Å²) in [5.74, 6) is 0.913. The quantitative estimate of drug-likeness (QED) is 0.0421. The molecule has 4 rings (SSSR count). The molecule has 62 heavy (non-hydrogen) atoms. The Kier molecular flexibility index (Phi) is 23.8. The molecule has 0 spiro atoms. The van der Waals surface area contributed by atoms with Crippen LogP contribution in [0.15, 0.2) is 61.2 Å². The Morgan fingerprint density at radius 3 is 1.90 bits per heavy atom. The second-order valence-electron chi connectivity index (χ2n) is 16.6. The number of unbranched alkanes of at least 4 members (excludes halogenated alkanes) is 7. The number of hydrogen-bond donors (Lipinski definition) is 3. The van der Waals surface area contributed by atoms with E-state index in [4.69, 9.17) is 9.68 Å². The lowest BCUT2D eigenvalue weighted by molar-refractivity contribution is -0.117. The summed E-state index contributed by atoms with van der Waals surface area (Å²) in [5.41, 5.74) is 1.74. The van der Waals surface area contributed by atoms with E-state index in [1.807, 2.05) is 18.2 Å². The third-order valence-electron chi connectivity index (χ3n) is 11.6. The van der Waals surface area contributed by atoms with Crippen molar-refractivity contribution in [3.05, 3.63) is 72.3 Å².